The van der Waals surface area contributed by atoms with Crippen LogP contribution in [0.3, 0.4) is 0 Å². The normalized spacial score (nSPS) is 23.6. The Balaban J connectivity index is 1.90. The molecule has 0 aromatic carbocycles. The van der Waals surface area contributed by atoms with Gasteiger partial charge in [0, 0.05) is 44.0 Å². The minimum Gasteiger partial charge on any atom is -0.311 e. The van der Waals surface area contributed by atoms with E-state index in [-0.39, 0.29) is 5.56 Å². The molecule has 0 spiro atoms. The molecule has 2 atom stereocenters. The van der Waals surface area contributed by atoms with Gasteiger partial charge in [0.15, 0.2) is 0 Å². The first-order valence-corrected chi connectivity index (χ1v) is 7.56. The fraction of sp³-hybridized carbons (Fsp3) is 0.467. The molecule has 1 aliphatic rings. The Labute approximate surface area is 128 Å². The molecule has 2 aromatic rings. The summed E-state index contributed by atoms with van der Waals surface area (Å²) in [5, 5.41) is 3.98. The van der Waals surface area contributed by atoms with E-state index in [0.717, 1.165) is 18.8 Å². The van der Waals surface area contributed by atoms with E-state index in [2.05, 4.69) is 29.0 Å². The van der Waals surface area contributed by atoms with Crippen LogP contribution in [0.5, 0.6) is 0 Å². The Morgan fingerprint density at radius 1 is 1.43 bits per heavy atom. The fourth-order valence-corrected chi connectivity index (χ4v) is 2.89. The van der Waals surface area contributed by atoms with E-state index >= 15 is 0 Å². The number of pyridine rings is 1. The van der Waals surface area contributed by atoms with Gasteiger partial charge in [-0.1, -0.05) is 11.6 Å². The van der Waals surface area contributed by atoms with Crippen molar-refractivity contribution in [2.45, 2.75) is 32.5 Å². The molecule has 2 unspecified atom stereocenters. The molecule has 0 radical (unpaired) electrons. The highest BCUT2D eigenvalue weighted by atomic mass is 35.5. The minimum atomic E-state index is -0.0895. The molecule has 3 rings (SSSR count). The number of nitrogens with one attached hydrogen (secondary N) is 1. The molecule has 3 heterocycles. The van der Waals surface area contributed by atoms with Gasteiger partial charge in [0.1, 0.15) is 5.65 Å². The predicted molar refractivity (Wildman–Crippen MR) is 83.8 cm³/mol. The molecule has 0 bridgehead atoms. The van der Waals surface area contributed by atoms with Crippen LogP contribution in [-0.2, 0) is 6.54 Å². The summed E-state index contributed by atoms with van der Waals surface area (Å²) in [6.07, 6.45) is 1.60. The average Bonchev–Trinajstić information content (AvgIpc) is 2.44. The molecular weight excluding hydrogens is 288 g/mol. The summed E-state index contributed by atoms with van der Waals surface area (Å²) in [6.45, 7) is 6.98. The van der Waals surface area contributed by atoms with E-state index in [4.69, 9.17) is 11.6 Å². The van der Waals surface area contributed by atoms with Gasteiger partial charge in [0.2, 0.25) is 0 Å². The van der Waals surface area contributed by atoms with E-state index in [9.17, 15) is 4.79 Å². The molecule has 21 heavy (non-hydrogen) atoms. The van der Waals surface area contributed by atoms with Crippen LogP contribution in [0.2, 0.25) is 5.02 Å². The Kier molecular flexibility index (Phi) is 3.97. The van der Waals surface area contributed by atoms with Gasteiger partial charge in [-0.05, 0) is 26.0 Å². The number of hydrogen-bond donors (Lipinski definition) is 1. The second kappa shape index (κ2) is 5.75. The molecule has 1 fully saturated rings. The smallest absolute Gasteiger partial charge is 0.258 e. The van der Waals surface area contributed by atoms with E-state index < -0.39 is 0 Å². The highest BCUT2D eigenvalue weighted by Crippen LogP contribution is 2.12. The zero-order chi connectivity index (χ0) is 15.0. The van der Waals surface area contributed by atoms with E-state index in [1.54, 1.807) is 24.4 Å². The second-order valence-corrected chi connectivity index (χ2v) is 6.19. The third-order valence-corrected chi connectivity index (χ3v) is 4.16. The third-order valence-electron chi connectivity index (χ3n) is 3.94. The van der Waals surface area contributed by atoms with Crippen molar-refractivity contribution < 1.29 is 0 Å². The molecule has 0 aliphatic carbocycles. The molecule has 2 aromatic heterocycles. The van der Waals surface area contributed by atoms with Gasteiger partial charge < -0.3 is 5.32 Å². The number of halogens is 1. The lowest BCUT2D eigenvalue weighted by atomic mass is 10.1. The van der Waals surface area contributed by atoms with Crippen LogP contribution >= 0.6 is 11.6 Å². The highest BCUT2D eigenvalue weighted by molar-refractivity contribution is 6.30. The molecule has 1 saturated heterocycles. The average molecular weight is 307 g/mol. The second-order valence-electron chi connectivity index (χ2n) is 5.75. The summed E-state index contributed by atoms with van der Waals surface area (Å²) in [7, 11) is 0. The Morgan fingerprint density at radius 3 is 3.05 bits per heavy atom. The topological polar surface area (TPSA) is 49.6 Å². The first-order chi connectivity index (χ1) is 10.0. The fourth-order valence-electron chi connectivity index (χ4n) is 2.73. The number of piperazine rings is 1. The summed E-state index contributed by atoms with van der Waals surface area (Å²) in [5.41, 5.74) is 1.36. The largest absolute Gasteiger partial charge is 0.311 e. The maximum absolute atomic E-state index is 12.2. The lowest BCUT2D eigenvalue weighted by Crippen LogP contribution is -2.53. The number of aromatic nitrogens is 2. The van der Waals surface area contributed by atoms with Crippen molar-refractivity contribution in [3.05, 3.63) is 45.5 Å². The van der Waals surface area contributed by atoms with Gasteiger partial charge >= 0.3 is 0 Å². The zero-order valence-electron chi connectivity index (χ0n) is 12.2. The van der Waals surface area contributed by atoms with Crippen LogP contribution in [0.4, 0.5) is 0 Å². The van der Waals surface area contributed by atoms with Gasteiger partial charge in [-0.15, -0.1) is 0 Å². The molecule has 1 aliphatic heterocycles. The summed E-state index contributed by atoms with van der Waals surface area (Å²) >= 11 is 5.92. The number of nitrogens with zero attached hydrogens (tertiary/aromatic N) is 3. The lowest BCUT2D eigenvalue weighted by Gasteiger charge is -2.37. The Hall–Kier alpha value is -1.43. The summed E-state index contributed by atoms with van der Waals surface area (Å²) in [5.74, 6) is 0. The third kappa shape index (κ3) is 3.10. The van der Waals surface area contributed by atoms with Crippen LogP contribution in [0.15, 0.2) is 29.2 Å². The maximum atomic E-state index is 12.2. The van der Waals surface area contributed by atoms with Crippen molar-refractivity contribution in [2.24, 2.45) is 0 Å². The van der Waals surface area contributed by atoms with Crippen molar-refractivity contribution in [3.63, 3.8) is 0 Å². The van der Waals surface area contributed by atoms with Gasteiger partial charge in [-0.3, -0.25) is 14.1 Å². The van der Waals surface area contributed by atoms with Gasteiger partial charge in [0.05, 0.1) is 10.7 Å². The van der Waals surface area contributed by atoms with E-state index in [1.165, 1.54) is 4.40 Å². The van der Waals surface area contributed by atoms with Crippen LogP contribution in [0, 0.1) is 0 Å². The van der Waals surface area contributed by atoms with Crippen molar-refractivity contribution in [1.82, 2.24) is 19.6 Å². The first-order valence-electron chi connectivity index (χ1n) is 7.18. The van der Waals surface area contributed by atoms with E-state index in [1.807, 2.05) is 0 Å². The van der Waals surface area contributed by atoms with Crippen molar-refractivity contribution in [1.29, 1.82) is 0 Å². The Morgan fingerprint density at radius 2 is 2.24 bits per heavy atom. The molecule has 6 heteroatoms. The highest BCUT2D eigenvalue weighted by Gasteiger charge is 2.22. The summed E-state index contributed by atoms with van der Waals surface area (Å²) in [4.78, 5) is 19.1. The molecule has 0 amide bonds. The van der Waals surface area contributed by atoms with Gasteiger partial charge in [-0.2, -0.15) is 0 Å². The maximum Gasteiger partial charge on any atom is 0.258 e. The van der Waals surface area contributed by atoms with Crippen molar-refractivity contribution in [3.8, 4) is 0 Å². The molecule has 112 valence electrons. The first kappa shape index (κ1) is 14.5. The van der Waals surface area contributed by atoms with Gasteiger partial charge in [0.25, 0.3) is 5.56 Å². The standard InChI is InChI=1S/C15H19ClN4O/c1-10-7-19(11(2)6-17-10)9-13-5-15(21)20-8-12(16)3-4-14(20)18-13/h3-5,8,10-11,17H,6-7,9H2,1-2H3. The van der Waals surface area contributed by atoms with E-state index in [0.29, 0.717) is 29.3 Å². The summed E-state index contributed by atoms with van der Waals surface area (Å²) in [6, 6.07) is 6.02. The van der Waals surface area contributed by atoms with Gasteiger partial charge in [-0.25, -0.2) is 4.98 Å². The van der Waals surface area contributed by atoms with Crippen LogP contribution in [-0.4, -0.2) is 39.5 Å². The van der Waals surface area contributed by atoms with Crippen LogP contribution in [0.25, 0.3) is 5.65 Å². The van der Waals surface area contributed by atoms with Crippen molar-refractivity contribution in [2.75, 3.05) is 13.1 Å². The molecule has 0 saturated carbocycles. The molecule has 1 N–H and O–H groups in total. The number of fused-ring (bicyclic) bond motifs is 1. The Bertz CT molecular complexity index is 714. The SMILES string of the molecule is CC1CN(Cc2cc(=O)n3cc(Cl)ccc3n2)C(C)CN1. The van der Waals surface area contributed by atoms with Crippen LogP contribution in [0.1, 0.15) is 19.5 Å². The summed E-state index contributed by atoms with van der Waals surface area (Å²) < 4.78 is 1.48. The lowest BCUT2D eigenvalue weighted by molar-refractivity contribution is 0.137. The monoisotopic (exact) mass is 306 g/mol. The quantitative estimate of drug-likeness (QED) is 0.914. The molecule has 5 nitrogen and oxygen atoms in total. The molecular formula is C15H19ClN4O. The van der Waals surface area contributed by atoms with Crippen LogP contribution < -0.4 is 10.9 Å². The predicted octanol–water partition coefficient (Wildman–Crippen LogP) is 1.53. The number of rotatable bonds is 2. The number of hydrogen-bond acceptors (Lipinski definition) is 4. The zero-order valence-corrected chi connectivity index (χ0v) is 13.0. The van der Waals surface area contributed by atoms with Crippen molar-refractivity contribution >= 4 is 17.2 Å². The minimum absolute atomic E-state index is 0.0895.